The van der Waals surface area contributed by atoms with E-state index in [1.807, 2.05) is 38.1 Å². The number of nitrogens with zero attached hydrogens (tertiary/aromatic N) is 2. The fraction of sp³-hybridized carbons (Fsp3) is 0.450. The topological polar surface area (TPSA) is 68.2 Å². The van der Waals surface area contributed by atoms with Gasteiger partial charge in [-0.05, 0) is 37.5 Å². The number of aliphatic imine (C=N–C) groups is 1. The Kier molecular flexibility index (Phi) is 5.89. The molecule has 2 aliphatic rings. The van der Waals surface area contributed by atoms with E-state index >= 15 is 0 Å². The summed E-state index contributed by atoms with van der Waals surface area (Å²) in [6.45, 7) is 6.46. The molecular weight excluding hydrogens is 364 g/mol. The molecule has 1 fully saturated rings. The first-order chi connectivity index (χ1) is 13.0. The number of hydrogen-bond acceptors (Lipinski definition) is 6. The van der Waals surface area contributed by atoms with Gasteiger partial charge in [-0.25, -0.2) is 9.79 Å². The average Bonchev–Trinajstić information content (AvgIpc) is 3.00. The number of amidine groups is 1. The first-order valence-corrected chi connectivity index (χ1v) is 10.00. The quantitative estimate of drug-likeness (QED) is 0.695. The predicted molar refractivity (Wildman–Crippen MR) is 106 cm³/mol. The Bertz CT molecular complexity index is 801. The molecule has 2 heterocycles. The van der Waals surface area contributed by atoms with Crippen LogP contribution in [0.15, 0.2) is 40.5 Å². The molecule has 0 N–H and O–H groups in total. The summed E-state index contributed by atoms with van der Waals surface area (Å²) in [5.41, 5.74) is 1.81. The Morgan fingerprint density at radius 1 is 1.26 bits per heavy atom. The number of benzene rings is 1. The SMILES string of the molecule is CCCOc1ccc([C@H]2C(C(=O)OC)=C(C)N=C3S[C@@H](CC)C(=O)N32)cc1. The van der Waals surface area contributed by atoms with Crippen LogP contribution < -0.4 is 4.74 Å². The van der Waals surface area contributed by atoms with Gasteiger partial charge in [0.15, 0.2) is 5.17 Å². The Morgan fingerprint density at radius 3 is 2.56 bits per heavy atom. The summed E-state index contributed by atoms with van der Waals surface area (Å²) >= 11 is 1.46. The third-order valence-corrected chi connectivity index (χ3v) is 5.91. The second kappa shape index (κ2) is 8.17. The number of carbonyl (C=O) groups is 2. The van der Waals surface area contributed by atoms with Crippen LogP contribution in [0.5, 0.6) is 5.75 Å². The Morgan fingerprint density at radius 2 is 1.96 bits per heavy atom. The van der Waals surface area contributed by atoms with Gasteiger partial charge in [-0.2, -0.15) is 0 Å². The number of esters is 1. The molecule has 6 nitrogen and oxygen atoms in total. The van der Waals surface area contributed by atoms with Gasteiger partial charge in [-0.3, -0.25) is 9.69 Å². The largest absolute Gasteiger partial charge is 0.494 e. The number of rotatable bonds is 6. The van der Waals surface area contributed by atoms with Gasteiger partial charge in [0.25, 0.3) is 0 Å². The lowest BCUT2D eigenvalue weighted by atomic mass is 9.94. The van der Waals surface area contributed by atoms with E-state index in [1.165, 1.54) is 18.9 Å². The maximum Gasteiger partial charge on any atom is 0.338 e. The van der Waals surface area contributed by atoms with Crippen LogP contribution >= 0.6 is 11.8 Å². The summed E-state index contributed by atoms with van der Waals surface area (Å²) in [6, 6.07) is 6.98. The fourth-order valence-corrected chi connectivity index (χ4v) is 4.38. The smallest absolute Gasteiger partial charge is 0.338 e. The van der Waals surface area contributed by atoms with Gasteiger partial charge in [0.05, 0.1) is 36.3 Å². The molecule has 27 heavy (non-hydrogen) atoms. The molecule has 1 amide bonds. The molecule has 1 aromatic rings. The lowest BCUT2D eigenvalue weighted by Gasteiger charge is -2.32. The third kappa shape index (κ3) is 3.60. The number of fused-ring (bicyclic) bond motifs is 1. The van der Waals surface area contributed by atoms with Gasteiger partial charge < -0.3 is 9.47 Å². The zero-order chi connectivity index (χ0) is 19.6. The van der Waals surface area contributed by atoms with Crippen molar-refractivity contribution >= 4 is 28.8 Å². The summed E-state index contributed by atoms with van der Waals surface area (Å²) in [6.07, 6.45) is 1.64. The van der Waals surface area contributed by atoms with E-state index in [1.54, 1.807) is 11.8 Å². The lowest BCUT2D eigenvalue weighted by molar-refractivity contribution is -0.137. The van der Waals surface area contributed by atoms with Gasteiger partial charge in [0.2, 0.25) is 5.91 Å². The molecule has 0 bridgehead atoms. The minimum absolute atomic E-state index is 0.0218. The van der Waals surface area contributed by atoms with Gasteiger partial charge in [0.1, 0.15) is 5.75 Å². The molecule has 0 saturated carbocycles. The summed E-state index contributed by atoms with van der Waals surface area (Å²) in [5, 5.41) is 0.469. The van der Waals surface area contributed by atoms with Gasteiger partial charge >= 0.3 is 5.97 Å². The number of thioether (sulfide) groups is 1. The minimum atomic E-state index is -0.540. The monoisotopic (exact) mass is 388 g/mol. The Labute approximate surface area is 163 Å². The molecule has 1 saturated heterocycles. The van der Waals surface area contributed by atoms with Crippen molar-refractivity contribution in [2.45, 2.75) is 44.9 Å². The van der Waals surface area contributed by atoms with Crippen molar-refractivity contribution in [2.75, 3.05) is 13.7 Å². The number of hydrogen-bond donors (Lipinski definition) is 0. The molecular formula is C20H24N2O4S. The normalized spacial score (nSPS) is 21.9. The molecule has 7 heteroatoms. The zero-order valence-corrected chi connectivity index (χ0v) is 16.8. The molecule has 2 aliphatic heterocycles. The summed E-state index contributed by atoms with van der Waals surface area (Å²) < 4.78 is 10.6. The molecule has 144 valence electrons. The van der Waals surface area contributed by atoms with E-state index in [9.17, 15) is 9.59 Å². The maximum atomic E-state index is 13.0. The number of amides is 1. The zero-order valence-electron chi connectivity index (χ0n) is 16.0. The molecule has 0 radical (unpaired) electrons. The Hall–Kier alpha value is -2.28. The van der Waals surface area contributed by atoms with Crippen LogP contribution in [0.1, 0.15) is 45.2 Å². The second-order valence-electron chi connectivity index (χ2n) is 6.43. The molecule has 0 aromatic heterocycles. The number of methoxy groups -OCH3 is 1. The van der Waals surface area contributed by atoms with Crippen molar-refractivity contribution in [3.05, 3.63) is 41.1 Å². The minimum Gasteiger partial charge on any atom is -0.494 e. The first kappa shape index (κ1) is 19.5. The number of ether oxygens (including phenoxy) is 2. The predicted octanol–water partition coefficient (Wildman–Crippen LogP) is 3.69. The van der Waals surface area contributed by atoms with E-state index in [4.69, 9.17) is 9.47 Å². The van der Waals surface area contributed by atoms with E-state index in [0.29, 0.717) is 29.5 Å². The summed E-state index contributed by atoms with van der Waals surface area (Å²) in [7, 11) is 1.34. The molecule has 0 unspecified atom stereocenters. The van der Waals surface area contributed by atoms with E-state index < -0.39 is 12.0 Å². The van der Waals surface area contributed by atoms with E-state index in [-0.39, 0.29) is 11.2 Å². The maximum absolute atomic E-state index is 13.0. The molecule has 0 aliphatic carbocycles. The Balaban J connectivity index is 2.03. The standard InChI is InChI=1S/C20H24N2O4S/c1-5-11-26-14-9-7-13(8-10-14)17-16(19(24)25-4)12(3)21-20-22(17)18(23)15(6-2)27-20/h7-10,15,17H,5-6,11H2,1-4H3/t15-,17-/m0/s1. The third-order valence-electron chi connectivity index (χ3n) is 4.60. The van der Waals surface area contributed by atoms with Crippen molar-refractivity contribution < 1.29 is 19.1 Å². The van der Waals surface area contributed by atoms with Crippen molar-refractivity contribution in [2.24, 2.45) is 4.99 Å². The highest BCUT2D eigenvalue weighted by molar-refractivity contribution is 8.15. The summed E-state index contributed by atoms with van der Waals surface area (Å²) in [5.74, 6) is 0.273. The fourth-order valence-electron chi connectivity index (χ4n) is 3.24. The molecule has 1 aromatic carbocycles. The summed E-state index contributed by atoms with van der Waals surface area (Å²) in [4.78, 5) is 31.6. The van der Waals surface area contributed by atoms with Crippen LogP contribution in [0.3, 0.4) is 0 Å². The van der Waals surface area contributed by atoms with E-state index in [0.717, 1.165) is 17.7 Å². The van der Waals surface area contributed by atoms with Crippen molar-refractivity contribution in [3.63, 3.8) is 0 Å². The molecule has 0 spiro atoms. The second-order valence-corrected chi connectivity index (χ2v) is 7.60. The van der Waals surface area contributed by atoms with Crippen LogP contribution in [-0.2, 0) is 14.3 Å². The molecule has 2 atom stereocenters. The van der Waals surface area contributed by atoms with Gasteiger partial charge in [-0.1, -0.05) is 37.7 Å². The highest BCUT2D eigenvalue weighted by Crippen LogP contribution is 2.44. The molecule has 3 rings (SSSR count). The van der Waals surface area contributed by atoms with Crippen molar-refractivity contribution in [1.82, 2.24) is 4.90 Å². The van der Waals surface area contributed by atoms with E-state index in [2.05, 4.69) is 4.99 Å². The van der Waals surface area contributed by atoms with Gasteiger partial charge in [0, 0.05) is 0 Å². The highest BCUT2D eigenvalue weighted by atomic mass is 32.2. The van der Waals surface area contributed by atoms with Gasteiger partial charge in [-0.15, -0.1) is 0 Å². The number of carbonyl (C=O) groups excluding carboxylic acids is 2. The van der Waals surface area contributed by atoms with Crippen LogP contribution in [0.2, 0.25) is 0 Å². The highest BCUT2D eigenvalue weighted by Gasteiger charge is 2.47. The number of allylic oxidation sites excluding steroid dienone is 1. The van der Waals surface area contributed by atoms with Crippen molar-refractivity contribution in [3.8, 4) is 5.75 Å². The lowest BCUT2D eigenvalue weighted by Crippen LogP contribution is -2.40. The van der Waals surface area contributed by atoms with Crippen LogP contribution in [0.4, 0.5) is 0 Å². The van der Waals surface area contributed by atoms with Crippen molar-refractivity contribution in [1.29, 1.82) is 0 Å². The van der Waals surface area contributed by atoms with Crippen LogP contribution in [0, 0.1) is 0 Å². The van der Waals surface area contributed by atoms with Crippen LogP contribution in [0.25, 0.3) is 0 Å². The first-order valence-electron chi connectivity index (χ1n) is 9.12. The average molecular weight is 388 g/mol. The van der Waals surface area contributed by atoms with Crippen LogP contribution in [-0.4, -0.2) is 40.9 Å².